The van der Waals surface area contributed by atoms with E-state index in [4.69, 9.17) is 0 Å². The summed E-state index contributed by atoms with van der Waals surface area (Å²) in [5.41, 5.74) is 0. The second-order valence-electron chi connectivity index (χ2n) is 1.22. The second kappa shape index (κ2) is 5.57. The minimum atomic E-state index is 0.498. The third-order valence-corrected chi connectivity index (χ3v) is 2.03. The van der Waals surface area contributed by atoms with Gasteiger partial charge in [-0.2, -0.15) is 0 Å². The van der Waals surface area contributed by atoms with Crippen LogP contribution in [-0.4, -0.2) is 9.07 Å². The van der Waals surface area contributed by atoms with E-state index in [-0.39, 0.29) is 0 Å². The molecule has 0 nitrogen and oxygen atoms in total. The molecule has 7 heavy (non-hydrogen) atoms. The molecule has 0 aliphatic heterocycles. The van der Waals surface area contributed by atoms with Crippen molar-refractivity contribution in [3.05, 3.63) is 0 Å². The van der Waals surface area contributed by atoms with Gasteiger partial charge in [-0.15, -0.1) is 0 Å². The van der Waals surface area contributed by atoms with Crippen LogP contribution >= 0.6 is 47.8 Å². The third kappa shape index (κ3) is 7.44. The van der Waals surface area contributed by atoms with Gasteiger partial charge in [0.25, 0.3) is 0 Å². The summed E-state index contributed by atoms with van der Waals surface area (Å²) in [5, 5.41) is 1.10. The van der Waals surface area contributed by atoms with Crippen LogP contribution in [0, 0.1) is 0 Å². The minimum Gasteiger partial charge on any atom is -0.0928 e. The predicted molar refractivity (Wildman–Crippen MR) is 44.7 cm³/mol. The lowest BCUT2D eigenvalue weighted by Crippen LogP contribution is -1.83. The van der Waals surface area contributed by atoms with Gasteiger partial charge < -0.3 is 0 Å². The Morgan fingerprint density at radius 1 is 1.29 bits per heavy atom. The largest absolute Gasteiger partial charge is 0.0928 e. The minimum absolute atomic E-state index is 0.498. The highest BCUT2D eigenvalue weighted by atomic mass is 79.9. The van der Waals surface area contributed by atoms with Crippen LogP contribution < -0.4 is 0 Å². The molecule has 0 aliphatic carbocycles. The molecule has 0 aliphatic rings. The van der Waals surface area contributed by atoms with Crippen molar-refractivity contribution in [3.63, 3.8) is 0 Å². The van der Waals surface area contributed by atoms with E-state index >= 15 is 0 Å². The van der Waals surface area contributed by atoms with E-state index in [1.54, 1.807) is 0 Å². The SMILES string of the molecule is BrCCCC(Br)Br. The first-order valence-electron chi connectivity index (χ1n) is 2.11. The fraction of sp³-hybridized carbons (Fsp3) is 1.00. The summed E-state index contributed by atoms with van der Waals surface area (Å²) >= 11 is 10.1. The Morgan fingerprint density at radius 2 is 1.86 bits per heavy atom. The Hall–Kier alpha value is 1.44. The Morgan fingerprint density at radius 3 is 2.00 bits per heavy atom. The summed E-state index contributed by atoms with van der Waals surface area (Å²) in [5.74, 6) is 0. The van der Waals surface area contributed by atoms with Crippen LogP contribution in [0.2, 0.25) is 0 Å². The van der Waals surface area contributed by atoms with Gasteiger partial charge in [-0.25, -0.2) is 0 Å². The molecule has 0 saturated carbocycles. The number of hydrogen-bond acceptors (Lipinski definition) is 0. The van der Waals surface area contributed by atoms with Gasteiger partial charge in [0.05, 0.1) is 3.74 Å². The highest BCUT2D eigenvalue weighted by Crippen LogP contribution is 2.14. The topological polar surface area (TPSA) is 0 Å². The summed E-state index contributed by atoms with van der Waals surface area (Å²) in [6.45, 7) is 0. The lowest BCUT2D eigenvalue weighted by molar-refractivity contribution is 0.899. The van der Waals surface area contributed by atoms with E-state index in [0.717, 1.165) is 5.33 Å². The average molecular weight is 295 g/mol. The highest BCUT2D eigenvalue weighted by Gasteiger charge is 1.93. The molecular weight excluding hydrogens is 288 g/mol. The Balaban J connectivity index is 2.68. The van der Waals surface area contributed by atoms with Gasteiger partial charge >= 0.3 is 0 Å². The van der Waals surface area contributed by atoms with Crippen molar-refractivity contribution in [2.45, 2.75) is 16.6 Å². The fourth-order valence-corrected chi connectivity index (χ4v) is 1.20. The number of halogens is 3. The molecule has 0 rings (SSSR count). The molecule has 0 atom stereocenters. The first kappa shape index (κ1) is 8.44. The zero-order valence-electron chi connectivity index (χ0n) is 3.83. The van der Waals surface area contributed by atoms with E-state index in [2.05, 4.69) is 47.8 Å². The van der Waals surface area contributed by atoms with E-state index in [1.807, 2.05) is 0 Å². The molecule has 0 aromatic heterocycles. The van der Waals surface area contributed by atoms with Crippen molar-refractivity contribution in [2.75, 3.05) is 5.33 Å². The highest BCUT2D eigenvalue weighted by molar-refractivity contribution is 9.24. The van der Waals surface area contributed by atoms with Gasteiger partial charge in [0.1, 0.15) is 0 Å². The van der Waals surface area contributed by atoms with Crippen molar-refractivity contribution in [1.82, 2.24) is 0 Å². The van der Waals surface area contributed by atoms with Crippen molar-refractivity contribution in [1.29, 1.82) is 0 Å². The molecule has 0 bridgehead atoms. The number of alkyl halides is 3. The zero-order valence-corrected chi connectivity index (χ0v) is 8.59. The van der Waals surface area contributed by atoms with Gasteiger partial charge in [0.2, 0.25) is 0 Å². The van der Waals surface area contributed by atoms with Crippen LogP contribution in [0.3, 0.4) is 0 Å². The van der Waals surface area contributed by atoms with Crippen LogP contribution in [0.15, 0.2) is 0 Å². The molecule has 0 aromatic rings. The quantitative estimate of drug-likeness (QED) is 0.701. The molecule has 0 unspecified atom stereocenters. The molecule has 0 spiro atoms. The van der Waals surface area contributed by atoms with Gasteiger partial charge in [-0.3, -0.25) is 0 Å². The summed E-state index contributed by atoms with van der Waals surface area (Å²) in [7, 11) is 0. The predicted octanol–water partition coefficient (Wildman–Crippen LogP) is 3.28. The zero-order chi connectivity index (χ0) is 5.70. The van der Waals surface area contributed by atoms with Crippen LogP contribution in [0.5, 0.6) is 0 Å². The number of hydrogen-bond donors (Lipinski definition) is 0. The fourth-order valence-electron chi connectivity index (χ4n) is 0.231. The van der Waals surface area contributed by atoms with Crippen LogP contribution in [0.25, 0.3) is 0 Å². The molecule has 0 radical (unpaired) electrons. The van der Waals surface area contributed by atoms with Crippen molar-refractivity contribution < 1.29 is 0 Å². The molecule has 44 valence electrons. The lowest BCUT2D eigenvalue weighted by Gasteiger charge is -1.94. The van der Waals surface area contributed by atoms with E-state index in [0.29, 0.717) is 3.74 Å². The van der Waals surface area contributed by atoms with Crippen LogP contribution in [0.4, 0.5) is 0 Å². The van der Waals surface area contributed by atoms with Gasteiger partial charge in [0, 0.05) is 5.33 Å². The Labute approximate surface area is 69.4 Å². The first-order valence-corrected chi connectivity index (χ1v) is 5.06. The molecule has 0 fully saturated rings. The molecule has 0 aromatic carbocycles. The standard InChI is InChI=1S/C4H7Br3/c5-3-1-2-4(6)7/h4H,1-3H2. The maximum Gasteiger partial charge on any atom is 0.0698 e. The Kier molecular flexibility index (Phi) is 6.72. The summed E-state index contributed by atoms with van der Waals surface area (Å²) in [6.07, 6.45) is 2.41. The van der Waals surface area contributed by atoms with E-state index < -0.39 is 0 Å². The van der Waals surface area contributed by atoms with Gasteiger partial charge in [-0.1, -0.05) is 47.8 Å². The van der Waals surface area contributed by atoms with Crippen LogP contribution in [-0.2, 0) is 0 Å². The summed E-state index contributed by atoms with van der Waals surface area (Å²) in [4.78, 5) is 0. The third-order valence-electron chi connectivity index (χ3n) is 0.556. The molecule has 0 saturated heterocycles. The van der Waals surface area contributed by atoms with Crippen molar-refractivity contribution >= 4 is 47.8 Å². The van der Waals surface area contributed by atoms with Crippen LogP contribution in [0.1, 0.15) is 12.8 Å². The molecule has 0 N–H and O–H groups in total. The average Bonchev–Trinajstić information content (AvgIpc) is 1.61. The van der Waals surface area contributed by atoms with Gasteiger partial charge in [0.15, 0.2) is 0 Å². The smallest absolute Gasteiger partial charge is 0.0698 e. The maximum atomic E-state index is 3.37. The van der Waals surface area contributed by atoms with Crippen molar-refractivity contribution in [3.8, 4) is 0 Å². The Bertz CT molecular complexity index is 35.9. The maximum absolute atomic E-state index is 3.37. The van der Waals surface area contributed by atoms with Gasteiger partial charge in [-0.05, 0) is 12.8 Å². The van der Waals surface area contributed by atoms with Crippen molar-refractivity contribution in [2.24, 2.45) is 0 Å². The van der Waals surface area contributed by atoms with E-state index in [1.165, 1.54) is 12.8 Å². The molecular formula is C4H7Br3. The van der Waals surface area contributed by atoms with E-state index in [9.17, 15) is 0 Å². The summed E-state index contributed by atoms with van der Waals surface area (Å²) in [6, 6.07) is 0. The second-order valence-corrected chi connectivity index (χ2v) is 5.45. The monoisotopic (exact) mass is 292 g/mol. The lowest BCUT2D eigenvalue weighted by atomic mass is 10.4. The summed E-state index contributed by atoms with van der Waals surface area (Å²) < 4.78 is 0.498. The number of rotatable bonds is 3. The first-order chi connectivity index (χ1) is 3.27. The molecule has 0 heterocycles. The normalized spacial score (nSPS) is 10.3. The molecule has 3 heteroatoms. The molecule has 0 amide bonds.